The number of hydrogen-bond donors (Lipinski definition) is 2. The average molecular weight is 422 g/mol. The normalized spacial score (nSPS) is 19.4. The van der Waals surface area contributed by atoms with Crippen molar-refractivity contribution in [1.29, 1.82) is 0 Å². The van der Waals surface area contributed by atoms with E-state index in [0.717, 1.165) is 49.0 Å². The van der Waals surface area contributed by atoms with E-state index in [-0.39, 0.29) is 12.5 Å². The van der Waals surface area contributed by atoms with Crippen LogP contribution >= 0.6 is 0 Å². The lowest BCUT2D eigenvalue weighted by Gasteiger charge is -2.33. The minimum atomic E-state index is -0.906. The summed E-state index contributed by atoms with van der Waals surface area (Å²) in [6, 6.07) is 13.8. The van der Waals surface area contributed by atoms with Crippen molar-refractivity contribution in [2.24, 2.45) is 5.41 Å². The zero-order chi connectivity index (χ0) is 22.0. The number of piperidine rings is 1. The van der Waals surface area contributed by atoms with Crippen LogP contribution in [0.1, 0.15) is 65.9 Å². The van der Waals surface area contributed by atoms with E-state index in [4.69, 9.17) is 5.11 Å². The molecular formula is C26H31NO4. The minimum absolute atomic E-state index is 0.154. The summed E-state index contributed by atoms with van der Waals surface area (Å²) in [4.78, 5) is 25.6. The molecule has 2 fully saturated rings. The van der Waals surface area contributed by atoms with Gasteiger partial charge in [0.25, 0.3) is 0 Å². The van der Waals surface area contributed by atoms with Crippen molar-refractivity contribution in [2.45, 2.75) is 51.4 Å². The molecule has 2 N–H and O–H groups in total. The molecule has 5 heteroatoms. The zero-order valence-corrected chi connectivity index (χ0v) is 18.1. The van der Waals surface area contributed by atoms with Gasteiger partial charge in [-0.25, -0.2) is 4.79 Å². The summed E-state index contributed by atoms with van der Waals surface area (Å²) in [6.07, 6.45) is 5.31. The first-order valence-corrected chi connectivity index (χ1v) is 11.3. The maximum absolute atomic E-state index is 12.3. The molecule has 1 spiro atoms. The van der Waals surface area contributed by atoms with E-state index in [2.05, 4.69) is 24.3 Å². The van der Waals surface area contributed by atoms with Gasteiger partial charge >= 0.3 is 5.97 Å². The number of rotatable bonds is 7. The van der Waals surface area contributed by atoms with Gasteiger partial charge in [0.1, 0.15) is 0 Å². The first-order chi connectivity index (χ1) is 14.9. The molecule has 0 aromatic heterocycles. The topological polar surface area (TPSA) is 77.8 Å². The van der Waals surface area contributed by atoms with Crippen LogP contribution < -0.4 is 0 Å². The predicted octanol–water partition coefficient (Wildman–Crippen LogP) is 4.62. The fraction of sp³-hybridized carbons (Fsp3) is 0.462. The second-order valence-electron chi connectivity index (χ2n) is 9.14. The second kappa shape index (κ2) is 8.83. The zero-order valence-electron chi connectivity index (χ0n) is 18.1. The highest BCUT2D eigenvalue weighted by atomic mass is 16.4. The number of carboxylic acids is 1. The quantitative estimate of drug-likeness (QED) is 0.640. The van der Waals surface area contributed by atoms with Gasteiger partial charge in [0, 0.05) is 26.1 Å². The highest BCUT2D eigenvalue weighted by molar-refractivity contribution is 5.90. The van der Waals surface area contributed by atoms with Crippen LogP contribution in [0.25, 0.3) is 11.1 Å². The lowest BCUT2D eigenvalue weighted by Crippen LogP contribution is -2.39. The van der Waals surface area contributed by atoms with Crippen LogP contribution in [0, 0.1) is 12.3 Å². The predicted molar refractivity (Wildman–Crippen MR) is 120 cm³/mol. The van der Waals surface area contributed by atoms with E-state index in [9.17, 15) is 14.7 Å². The second-order valence-corrected chi connectivity index (χ2v) is 9.14. The Morgan fingerprint density at radius 3 is 2.42 bits per heavy atom. The first kappa shape index (κ1) is 21.6. The van der Waals surface area contributed by atoms with Crippen LogP contribution in [0.5, 0.6) is 0 Å². The summed E-state index contributed by atoms with van der Waals surface area (Å²) in [6.45, 7) is 3.84. The standard InChI is InChI=1S/C26H31NO4/c1-18-5-6-21(25(30)31)16-22(18)19-7-9-20(10-8-19)23-17-26(23)11-13-27(14-12-26)24(29)4-2-3-15-28/h5-10,16,23,28H,2-4,11-15,17H2,1H3,(H,30,31)/t23-/m1/s1. The van der Waals surface area contributed by atoms with Gasteiger partial charge in [0.2, 0.25) is 5.91 Å². The highest BCUT2D eigenvalue weighted by Gasteiger charge is 2.55. The number of carbonyl (C=O) groups excluding carboxylic acids is 1. The SMILES string of the molecule is Cc1ccc(C(=O)O)cc1-c1ccc([C@H]2CC23CCN(C(=O)CCCCO)CC3)cc1. The summed E-state index contributed by atoms with van der Waals surface area (Å²) in [5.74, 6) is -0.125. The van der Waals surface area contributed by atoms with E-state index in [1.165, 1.54) is 12.0 Å². The van der Waals surface area contributed by atoms with Gasteiger partial charge in [-0.15, -0.1) is 0 Å². The molecule has 164 valence electrons. The van der Waals surface area contributed by atoms with Gasteiger partial charge in [-0.1, -0.05) is 30.3 Å². The van der Waals surface area contributed by atoms with Gasteiger partial charge in [-0.05, 0) is 84.7 Å². The maximum Gasteiger partial charge on any atom is 0.335 e. The number of amides is 1. The maximum atomic E-state index is 12.3. The summed E-state index contributed by atoms with van der Waals surface area (Å²) in [5, 5.41) is 18.2. The summed E-state index contributed by atoms with van der Waals surface area (Å²) in [7, 11) is 0. The van der Waals surface area contributed by atoms with Crippen molar-refractivity contribution in [3.8, 4) is 11.1 Å². The van der Waals surface area contributed by atoms with Crippen molar-refractivity contribution in [3.63, 3.8) is 0 Å². The Morgan fingerprint density at radius 2 is 1.77 bits per heavy atom. The van der Waals surface area contributed by atoms with Crippen LogP contribution in [-0.4, -0.2) is 46.7 Å². The molecule has 31 heavy (non-hydrogen) atoms. The molecule has 1 saturated heterocycles. The molecule has 0 radical (unpaired) electrons. The number of hydrogen-bond acceptors (Lipinski definition) is 3. The molecule has 2 aromatic rings. The number of aromatic carboxylic acids is 1. The molecule has 0 unspecified atom stereocenters. The van der Waals surface area contributed by atoms with Crippen LogP contribution in [0.4, 0.5) is 0 Å². The Labute approximate surface area is 183 Å². The fourth-order valence-electron chi connectivity index (χ4n) is 5.08. The van der Waals surface area contributed by atoms with Crippen LogP contribution in [0.15, 0.2) is 42.5 Å². The Balaban J connectivity index is 1.38. The lowest BCUT2D eigenvalue weighted by atomic mass is 9.88. The summed E-state index contributed by atoms with van der Waals surface area (Å²) < 4.78 is 0. The van der Waals surface area contributed by atoms with Crippen LogP contribution in [0.2, 0.25) is 0 Å². The van der Waals surface area contributed by atoms with Gasteiger partial charge in [-0.3, -0.25) is 4.79 Å². The number of carbonyl (C=O) groups is 2. The van der Waals surface area contributed by atoms with Crippen molar-refractivity contribution in [2.75, 3.05) is 19.7 Å². The Bertz CT molecular complexity index is 958. The molecule has 1 aliphatic heterocycles. The number of nitrogens with zero attached hydrogens (tertiary/aromatic N) is 1. The van der Waals surface area contributed by atoms with E-state index in [0.29, 0.717) is 29.7 Å². The number of aliphatic hydroxyl groups is 1. The molecule has 1 saturated carbocycles. The van der Waals surface area contributed by atoms with Gasteiger partial charge in [0.15, 0.2) is 0 Å². The molecule has 0 bridgehead atoms. The smallest absolute Gasteiger partial charge is 0.335 e. The van der Waals surface area contributed by atoms with Gasteiger partial charge in [0.05, 0.1) is 5.56 Å². The molecule has 1 heterocycles. The Hall–Kier alpha value is -2.66. The van der Waals surface area contributed by atoms with Crippen LogP contribution in [0.3, 0.4) is 0 Å². The van der Waals surface area contributed by atoms with Crippen molar-refractivity contribution < 1.29 is 19.8 Å². The van der Waals surface area contributed by atoms with E-state index in [1.54, 1.807) is 12.1 Å². The largest absolute Gasteiger partial charge is 0.478 e. The minimum Gasteiger partial charge on any atom is -0.478 e. The molecular weight excluding hydrogens is 390 g/mol. The van der Waals surface area contributed by atoms with Gasteiger partial charge in [-0.2, -0.15) is 0 Å². The lowest BCUT2D eigenvalue weighted by molar-refractivity contribution is -0.132. The van der Waals surface area contributed by atoms with E-state index < -0.39 is 5.97 Å². The Morgan fingerprint density at radius 1 is 1.06 bits per heavy atom. The average Bonchev–Trinajstić information content (AvgIpc) is 3.47. The Kier molecular flexibility index (Phi) is 6.15. The number of unbranched alkanes of at least 4 members (excludes halogenated alkanes) is 1. The highest BCUT2D eigenvalue weighted by Crippen LogP contribution is 2.65. The number of benzene rings is 2. The number of aliphatic hydroxyl groups excluding tert-OH is 1. The third-order valence-electron chi connectivity index (χ3n) is 7.21. The molecule has 5 nitrogen and oxygen atoms in total. The molecule has 1 atom stereocenters. The molecule has 2 aliphatic rings. The number of aryl methyl sites for hydroxylation is 1. The van der Waals surface area contributed by atoms with E-state index in [1.807, 2.05) is 17.9 Å². The third-order valence-corrected chi connectivity index (χ3v) is 7.21. The monoisotopic (exact) mass is 421 g/mol. The van der Waals surface area contributed by atoms with Crippen LogP contribution in [-0.2, 0) is 4.79 Å². The summed E-state index contributed by atoms with van der Waals surface area (Å²) >= 11 is 0. The molecule has 4 rings (SSSR count). The third kappa shape index (κ3) is 4.52. The molecule has 1 amide bonds. The molecule has 1 aliphatic carbocycles. The number of likely N-dealkylation sites (tertiary alicyclic amines) is 1. The first-order valence-electron chi connectivity index (χ1n) is 11.3. The van der Waals surface area contributed by atoms with Crippen molar-refractivity contribution >= 4 is 11.9 Å². The van der Waals surface area contributed by atoms with E-state index >= 15 is 0 Å². The van der Waals surface area contributed by atoms with Gasteiger partial charge < -0.3 is 15.1 Å². The molecule has 2 aromatic carbocycles. The fourth-order valence-corrected chi connectivity index (χ4v) is 5.08. The van der Waals surface area contributed by atoms with Crippen molar-refractivity contribution in [1.82, 2.24) is 4.90 Å². The van der Waals surface area contributed by atoms with Crippen molar-refractivity contribution in [3.05, 3.63) is 59.2 Å². The summed E-state index contributed by atoms with van der Waals surface area (Å²) in [5.41, 5.74) is 5.06. The number of carboxylic acid groups (broad SMARTS) is 1.